The Morgan fingerprint density at radius 2 is 2.14 bits per heavy atom. The number of nitrogens with zero attached hydrogens (tertiary/aromatic N) is 1. The predicted octanol–water partition coefficient (Wildman–Crippen LogP) is 3.28. The van der Waals surface area contributed by atoms with Gasteiger partial charge < -0.3 is 10.3 Å². The fourth-order valence-electron chi connectivity index (χ4n) is 1.87. The number of rotatable bonds is 6. The third-order valence-corrected chi connectivity index (χ3v) is 4.34. The van der Waals surface area contributed by atoms with Crippen molar-refractivity contribution in [2.75, 3.05) is 12.3 Å². The van der Waals surface area contributed by atoms with E-state index in [1.165, 1.54) is 0 Å². The molecule has 2 rings (SSSR count). The Kier molecular flexibility index (Phi) is 6.19. The van der Waals surface area contributed by atoms with Gasteiger partial charge in [0.2, 0.25) is 0 Å². The molecule has 0 fully saturated rings. The van der Waals surface area contributed by atoms with Crippen LogP contribution in [0.4, 0.5) is 0 Å². The molecule has 0 radical (unpaired) electrons. The molecule has 0 atom stereocenters. The van der Waals surface area contributed by atoms with Gasteiger partial charge in [0, 0.05) is 24.2 Å². The summed E-state index contributed by atoms with van der Waals surface area (Å²) in [5, 5.41) is 11.9. The SMILES string of the molecule is N#Cc1ccccc1CSCCNC(=O)c1ccc[nH]c1=S. The first kappa shape index (κ1) is 16.3. The van der Waals surface area contributed by atoms with Gasteiger partial charge in [-0.1, -0.05) is 30.4 Å². The zero-order chi connectivity index (χ0) is 15.8. The highest BCUT2D eigenvalue weighted by molar-refractivity contribution is 7.98. The third-order valence-electron chi connectivity index (χ3n) is 2.99. The second-order valence-corrected chi connectivity index (χ2v) is 6.00. The van der Waals surface area contributed by atoms with E-state index in [2.05, 4.69) is 16.4 Å². The maximum absolute atomic E-state index is 11.9. The fourth-order valence-corrected chi connectivity index (χ4v) is 2.96. The van der Waals surface area contributed by atoms with Crippen LogP contribution in [-0.4, -0.2) is 23.2 Å². The number of pyridine rings is 1. The molecule has 0 unspecified atom stereocenters. The molecular weight excluding hydrogens is 314 g/mol. The Labute approximate surface area is 138 Å². The second kappa shape index (κ2) is 8.37. The minimum absolute atomic E-state index is 0.167. The number of carbonyl (C=O) groups excluding carboxylic acids is 1. The Morgan fingerprint density at radius 1 is 1.32 bits per heavy atom. The Bertz CT molecular complexity index is 749. The second-order valence-electron chi connectivity index (χ2n) is 4.49. The molecule has 0 saturated carbocycles. The highest BCUT2D eigenvalue weighted by Crippen LogP contribution is 2.15. The fraction of sp³-hybridized carbons (Fsp3) is 0.188. The zero-order valence-electron chi connectivity index (χ0n) is 11.8. The molecule has 0 saturated heterocycles. The molecule has 2 aromatic rings. The molecule has 0 aliphatic heterocycles. The lowest BCUT2D eigenvalue weighted by Gasteiger charge is -2.06. The molecule has 112 valence electrons. The van der Waals surface area contributed by atoms with E-state index < -0.39 is 0 Å². The van der Waals surface area contributed by atoms with Gasteiger partial charge in [0.1, 0.15) is 4.64 Å². The maximum Gasteiger partial charge on any atom is 0.254 e. The Hall–Kier alpha value is -2.10. The van der Waals surface area contributed by atoms with Gasteiger partial charge in [-0.25, -0.2) is 0 Å². The van der Waals surface area contributed by atoms with Gasteiger partial charge in [0.15, 0.2) is 0 Å². The third kappa shape index (κ3) is 4.45. The van der Waals surface area contributed by atoms with Crippen molar-refractivity contribution in [1.29, 1.82) is 5.26 Å². The summed E-state index contributed by atoms with van der Waals surface area (Å²) >= 11 is 6.75. The quantitative estimate of drug-likeness (QED) is 0.630. The summed E-state index contributed by atoms with van der Waals surface area (Å²) in [5.74, 6) is 1.36. The summed E-state index contributed by atoms with van der Waals surface area (Å²) < 4.78 is 0.440. The zero-order valence-corrected chi connectivity index (χ0v) is 13.5. The maximum atomic E-state index is 11.9. The van der Waals surface area contributed by atoms with E-state index in [1.54, 1.807) is 30.1 Å². The number of nitriles is 1. The van der Waals surface area contributed by atoms with Crippen molar-refractivity contribution in [3.63, 3.8) is 0 Å². The summed E-state index contributed by atoms with van der Waals surface area (Å²) in [6, 6.07) is 13.2. The summed E-state index contributed by atoms with van der Waals surface area (Å²) in [5.41, 5.74) is 2.21. The number of nitrogens with one attached hydrogen (secondary N) is 2. The van der Waals surface area contributed by atoms with Gasteiger partial charge in [-0.2, -0.15) is 17.0 Å². The molecule has 22 heavy (non-hydrogen) atoms. The van der Waals surface area contributed by atoms with Crippen LogP contribution in [0.15, 0.2) is 42.6 Å². The van der Waals surface area contributed by atoms with Gasteiger partial charge in [-0.3, -0.25) is 4.79 Å². The van der Waals surface area contributed by atoms with E-state index in [0.29, 0.717) is 22.3 Å². The van der Waals surface area contributed by atoms with Crippen molar-refractivity contribution in [2.45, 2.75) is 5.75 Å². The van der Waals surface area contributed by atoms with E-state index in [4.69, 9.17) is 17.5 Å². The van der Waals surface area contributed by atoms with Gasteiger partial charge >= 0.3 is 0 Å². The average molecular weight is 329 g/mol. The van der Waals surface area contributed by atoms with Crippen LogP contribution in [0.1, 0.15) is 21.5 Å². The van der Waals surface area contributed by atoms with E-state index >= 15 is 0 Å². The molecule has 0 spiro atoms. The van der Waals surface area contributed by atoms with Crippen LogP contribution in [-0.2, 0) is 5.75 Å². The standard InChI is InChI=1S/C16H15N3OS2/c17-10-12-4-1-2-5-13(12)11-22-9-8-18-15(20)14-6-3-7-19-16(14)21/h1-7H,8-9,11H2,(H,18,20)(H,19,21). The molecule has 4 nitrogen and oxygen atoms in total. The summed E-state index contributed by atoms with van der Waals surface area (Å²) in [6.07, 6.45) is 1.70. The molecule has 6 heteroatoms. The molecule has 1 aromatic carbocycles. The molecule has 1 amide bonds. The lowest BCUT2D eigenvalue weighted by Crippen LogP contribution is -2.26. The number of benzene rings is 1. The first-order chi connectivity index (χ1) is 10.7. The van der Waals surface area contributed by atoms with Crippen molar-refractivity contribution < 1.29 is 4.79 Å². The van der Waals surface area contributed by atoms with Crippen molar-refractivity contribution in [1.82, 2.24) is 10.3 Å². The smallest absolute Gasteiger partial charge is 0.254 e. The predicted molar refractivity (Wildman–Crippen MR) is 91.3 cm³/mol. The lowest BCUT2D eigenvalue weighted by atomic mass is 10.1. The molecule has 1 heterocycles. The van der Waals surface area contributed by atoms with Crippen LogP contribution >= 0.6 is 24.0 Å². The van der Waals surface area contributed by atoms with Crippen LogP contribution in [0, 0.1) is 16.0 Å². The highest BCUT2D eigenvalue weighted by Gasteiger charge is 2.06. The van der Waals surface area contributed by atoms with E-state index in [1.807, 2.05) is 24.3 Å². The van der Waals surface area contributed by atoms with Crippen LogP contribution in [0.2, 0.25) is 0 Å². The van der Waals surface area contributed by atoms with E-state index in [-0.39, 0.29) is 5.91 Å². The van der Waals surface area contributed by atoms with Gasteiger partial charge in [0.05, 0.1) is 17.2 Å². The summed E-state index contributed by atoms with van der Waals surface area (Å²) in [4.78, 5) is 14.8. The van der Waals surface area contributed by atoms with E-state index in [9.17, 15) is 4.79 Å². The average Bonchev–Trinajstić information content (AvgIpc) is 2.55. The van der Waals surface area contributed by atoms with Crippen LogP contribution in [0.5, 0.6) is 0 Å². The van der Waals surface area contributed by atoms with Gasteiger partial charge in [0.25, 0.3) is 5.91 Å². The van der Waals surface area contributed by atoms with Gasteiger partial charge in [-0.05, 0) is 23.8 Å². The summed E-state index contributed by atoms with van der Waals surface area (Å²) in [6.45, 7) is 0.557. The first-order valence-corrected chi connectivity index (χ1v) is 8.30. The Morgan fingerprint density at radius 3 is 2.91 bits per heavy atom. The number of hydrogen-bond donors (Lipinski definition) is 2. The van der Waals surface area contributed by atoms with Crippen molar-refractivity contribution in [3.8, 4) is 6.07 Å². The molecule has 2 N–H and O–H groups in total. The summed E-state index contributed by atoms with van der Waals surface area (Å²) in [7, 11) is 0. The number of aromatic nitrogens is 1. The molecule has 1 aromatic heterocycles. The number of carbonyl (C=O) groups is 1. The normalized spacial score (nSPS) is 9.95. The minimum atomic E-state index is -0.167. The molecular formula is C16H15N3OS2. The van der Waals surface area contributed by atoms with E-state index in [0.717, 1.165) is 17.1 Å². The number of H-pyrrole nitrogens is 1. The Balaban J connectivity index is 1.76. The van der Waals surface area contributed by atoms with Crippen LogP contribution in [0.3, 0.4) is 0 Å². The van der Waals surface area contributed by atoms with Crippen molar-refractivity contribution in [2.24, 2.45) is 0 Å². The molecule has 0 bridgehead atoms. The van der Waals surface area contributed by atoms with Crippen molar-refractivity contribution in [3.05, 3.63) is 63.9 Å². The van der Waals surface area contributed by atoms with Crippen LogP contribution < -0.4 is 5.32 Å². The minimum Gasteiger partial charge on any atom is -0.352 e. The molecule has 0 aliphatic carbocycles. The number of thioether (sulfide) groups is 1. The van der Waals surface area contributed by atoms with Crippen molar-refractivity contribution >= 4 is 29.9 Å². The number of amides is 1. The topological polar surface area (TPSA) is 68.7 Å². The number of aromatic amines is 1. The monoisotopic (exact) mass is 329 g/mol. The highest BCUT2D eigenvalue weighted by atomic mass is 32.2. The molecule has 0 aliphatic rings. The number of hydrogen-bond acceptors (Lipinski definition) is 4. The lowest BCUT2D eigenvalue weighted by molar-refractivity contribution is 0.0955. The van der Waals surface area contributed by atoms with Gasteiger partial charge in [-0.15, -0.1) is 0 Å². The first-order valence-electron chi connectivity index (χ1n) is 6.74. The largest absolute Gasteiger partial charge is 0.352 e. The van der Waals surface area contributed by atoms with Crippen LogP contribution in [0.25, 0.3) is 0 Å².